The molecule has 0 atom stereocenters. The minimum absolute atomic E-state index is 0.296. The van der Waals surface area contributed by atoms with Crippen LogP contribution in [0.5, 0.6) is 0 Å². The fraction of sp³-hybridized carbons (Fsp3) is 0.333. The predicted octanol–water partition coefficient (Wildman–Crippen LogP) is 5.20. The van der Waals surface area contributed by atoms with Crippen LogP contribution >= 0.6 is 11.6 Å². The molecule has 2 aliphatic rings. The third-order valence-electron chi connectivity index (χ3n) is 4.82. The van der Waals surface area contributed by atoms with E-state index >= 15 is 0 Å². The van der Waals surface area contributed by atoms with Gasteiger partial charge in [-0.3, -0.25) is 0 Å². The maximum Gasteiger partial charge on any atom is 0.148 e. The van der Waals surface area contributed by atoms with Gasteiger partial charge in [-0.1, -0.05) is 24.3 Å². The van der Waals surface area contributed by atoms with Crippen LogP contribution in [-0.4, -0.2) is 38.1 Å². The van der Waals surface area contributed by atoms with E-state index in [2.05, 4.69) is 28.7 Å². The first kappa shape index (κ1) is 19.6. The number of rotatable bonds is 4. The standard InChI is InChI=1S/C21H24ClF2N3/c1-15(18-6-3-5-16(22)13-19(18)23)25-17-7-8-21(20(24)14-17)27-10-4-9-26(2)11-12-27/h3,5,7-8,13-14,25H,1,4,6,9-12H2,2H3. The number of hydrogen-bond donors (Lipinski definition) is 1. The highest BCUT2D eigenvalue weighted by molar-refractivity contribution is 6.31. The highest BCUT2D eigenvalue weighted by atomic mass is 35.5. The summed E-state index contributed by atoms with van der Waals surface area (Å²) in [5.74, 6) is -0.733. The third-order valence-corrected chi connectivity index (χ3v) is 5.05. The van der Waals surface area contributed by atoms with Gasteiger partial charge in [0.2, 0.25) is 0 Å². The first-order chi connectivity index (χ1) is 12.9. The van der Waals surface area contributed by atoms with Crippen LogP contribution in [0.25, 0.3) is 0 Å². The van der Waals surface area contributed by atoms with E-state index in [1.165, 1.54) is 12.1 Å². The quantitative estimate of drug-likeness (QED) is 0.761. The Morgan fingerprint density at radius 3 is 2.78 bits per heavy atom. The van der Waals surface area contributed by atoms with Crippen molar-refractivity contribution >= 4 is 23.0 Å². The van der Waals surface area contributed by atoms with E-state index in [4.69, 9.17) is 11.6 Å². The molecule has 3 rings (SSSR count). The SMILES string of the molecule is C=C(Nc1ccc(N2CCCN(C)CC2)c(F)c1)C1=C(F)C=C(Cl)C=CC1. The van der Waals surface area contributed by atoms with Gasteiger partial charge < -0.3 is 15.1 Å². The Morgan fingerprint density at radius 2 is 2.00 bits per heavy atom. The molecule has 1 aliphatic heterocycles. The van der Waals surface area contributed by atoms with Crippen LogP contribution in [0.15, 0.2) is 65.1 Å². The number of anilines is 2. The van der Waals surface area contributed by atoms with Crippen molar-refractivity contribution in [3.8, 4) is 0 Å². The van der Waals surface area contributed by atoms with E-state index in [9.17, 15) is 8.78 Å². The van der Waals surface area contributed by atoms with Crippen LogP contribution in [0, 0.1) is 5.82 Å². The number of halogens is 3. The lowest BCUT2D eigenvalue weighted by atomic mass is 10.1. The van der Waals surface area contributed by atoms with Gasteiger partial charge in [0.25, 0.3) is 0 Å². The van der Waals surface area contributed by atoms with Crippen molar-refractivity contribution < 1.29 is 8.78 Å². The molecule has 144 valence electrons. The molecule has 1 aromatic rings. The summed E-state index contributed by atoms with van der Waals surface area (Å²) < 4.78 is 29.0. The Balaban J connectivity index is 1.73. The Bertz CT molecular complexity index is 814. The Kier molecular flexibility index (Phi) is 6.34. The maximum atomic E-state index is 14.7. The Hall–Kier alpha value is -2.11. The van der Waals surface area contributed by atoms with E-state index in [-0.39, 0.29) is 5.82 Å². The van der Waals surface area contributed by atoms with Gasteiger partial charge in [0.15, 0.2) is 0 Å². The lowest BCUT2D eigenvalue weighted by molar-refractivity contribution is 0.360. The average Bonchev–Trinajstić information content (AvgIpc) is 2.92. The molecular weight excluding hydrogens is 368 g/mol. The minimum Gasteiger partial charge on any atom is -0.368 e. The van der Waals surface area contributed by atoms with Crippen molar-refractivity contribution in [1.82, 2.24) is 4.90 Å². The first-order valence-electron chi connectivity index (χ1n) is 9.06. The van der Waals surface area contributed by atoms with Gasteiger partial charge in [0, 0.05) is 41.6 Å². The fourth-order valence-electron chi connectivity index (χ4n) is 3.29. The van der Waals surface area contributed by atoms with Gasteiger partial charge in [-0.2, -0.15) is 0 Å². The number of hydrogen-bond acceptors (Lipinski definition) is 3. The second kappa shape index (κ2) is 8.72. The molecule has 0 unspecified atom stereocenters. The minimum atomic E-state index is -0.437. The van der Waals surface area contributed by atoms with Gasteiger partial charge in [-0.25, -0.2) is 8.78 Å². The van der Waals surface area contributed by atoms with Gasteiger partial charge >= 0.3 is 0 Å². The number of allylic oxidation sites excluding steroid dienone is 6. The molecule has 0 saturated carbocycles. The van der Waals surface area contributed by atoms with Gasteiger partial charge in [-0.05, 0) is 56.8 Å². The Morgan fingerprint density at radius 1 is 1.19 bits per heavy atom. The summed E-state index contributed by atoms with van der Waals surface area (Å²) in [6.07, 6.45) is 6.05. The summed E-state index contributed by atoms with van der Waals surface area (Å²) in [7, 11) is 2.08. The molecule has 0 spiro atoms. The van der Waals surface area contributed by atoms with Crippen molar-refractivity contribution in [2.45, 2.75) is 12.8 Å². The van der Waals surface area contributed by atoms with Crippen molar-refractivity contribution in [3.05, 3.63) is 71.0 Å². The molecular formula is C21H24ClF2N3. The van der Waals surface area contributed by atoms with Crippen LogP contribution in [0.4, 0.5) is 20.2 Å². The summed E-state index contributed by atoms with van der Waals surface area (Å²) in [6, 6.07) is 5.00. The number of nitrogens with one attached hydrogen (secondary N) is 1. The fourth-order valence-corrected chi connectivity index (χ4v) is 3.47. The topological polar surface area (TPSA) is 18.5 Å². The molecule has 0 radical (unpaired) electrons. The second-order valence-corrected chi connectivity index (χ2v) is 7.31. The van der Waals surface area contributed by atoms with Crippen molar-refractivity contribution in [2.24, 2.45) is 0 Å². The molecule has 6 heteroatoms. The average molecular weight is 392 g/mol. The smallest absolute Gasteiger partial charge is 0.148 e. The summed E-state index contributed by atoms with van der Waals surface area (Å²) in [5.41, 5.74) is 1.93. The van der Waals surface area contributed by atoms with Crippen molar-refractivity contribution in [2.75, 3.05) is 43.4 Å². The molecule has 1 aliphatic carbocycles. The highest BCUT2D eigenvalue weighted by Crippen LogP contribution is 2.29. The molecule has 0 bridgehead atoms. The maximum absolute atomic E-state index is 14.7. The molecule has 3 nitrogen and oxygen atoms in total. The number of nitrogens with zero attached hydrogens (tertiary/aromatic N) is 2. The molecule has 27 heavy (non-hydrogen) atoms. The molecule has 1 saturated heterocycles. The van der Waals surface area contributed by atoms with Gasteiger partial charge in [0.05, 0.1) is 5.69 Å². The van der Waals surface area contributed by atoms with E-state index in [1.54, 1.807) is 24.3 Å². The monoisotopic (exact) mass is 391 g/mol. The molecule has 0 aromatic heterocycles. The van der Waals surface area contributed by atoms with Gasteiger partial charge in [-0.15, -0.1) is 0 Å². The predicted molar refractivity (Wildman–Crippen MR) is 109 cm³/mol. The van der Waals surface area contributed by atoms with E-state index in [0.717, 1.165) is 32.6 Å². The molecule has 1 aromatic carbocycles. The third kappa shape index (κ3) is 4.99. The van der Waals surface area contributed by atoms with E-state index < -0.39 is 5.83 Å². The first-order valence-corrected chi connectivity index (χ1v) is 9.43. The summed E-state index contributed by atoms with van der Waals surface area (Å²) in [4.78, 5) is 4.32. The van der Waals surface area contributed by atoms with Crippen molar-refractivity contribution in [1.29, 1.82) is 0 Å². The zero-order valence-corrected chi connectivity index (χ0v) is 16.2. The molecule has 1 fully saturated rings. The van der Waals surface area contributed by atoms with Crippen molar-refractivity contribution in [3.63, 3.8) is 0 Å². The number of likely N-dealkylation sites (N-methyl/N-ethyl adjacent to an activating group) is 1. The Labute approximate surface area is 164 Å². The van der Waals surface area contributed by atoms with E-state index in [1.807, 2.05) is 0 Å². The normalized spacial score (nSPS) is 18.8. The second-order valence-electron chi connectivity index (χ2n) is 6.88. The van der Waals surface area contributed by atoms with Crippen LogP contribution in [0.3, 0.4) is 0 Å². The van der Waals surface area contributed by atoms with Crippen LogP contribution < -0.4 is 10.2 Å². The highest BCUT2D eigenvalue weighted by Gasteiger charge is 2.17. The van der Waals surface area contributed by atoms with E-state index in [0.29, 0.717) is 34.1 Å². The summed E-state index contributed by atoms with van der Waals surface area (Å²) in [6.45, 7) is 7.46. The molecule has 1 heterocycles. The van der Waals surface area contributed by atoms with Crippen LogP contribution in [0.1, 0.15) is 12.8 Å². The number of benzene rings is 1. The lowest BCUT2D eigenvalue weighted by Gasteiger charge is -2.24. The zero-order chi connectivity index (χ0) is 19.4. The van der Waals surface area contributed by atoms with Gasteiger partial charge in [0.1, 0.15) is 11.6 Å². The van der Waals surface area contributed by atoms with Crippen LogP contribution in [-0.2, 0) is 0 Å². The summed E-state index contributed by atoms with van der Waals surface area (Å²) in [5, 5.41) is 3.34. The zero-order valence-electron chi connectivity index (χ0n) is 15.4. The summed E-state index contributed by atoms with van der Waals surface area (Å²) >= 11 is 5.87. The molecule has 0 amide bonds. The largest absolute Gasteiger partial charge is 0.368 e. The molecule has 1 N–H and O–H groups in total. The van der Waals surface area contributed by atoms with Crippen LogP contribution in [0.2, 0.25) is 0 Å². The lowest BCUT2D eigenvalue weighted by Crippen LogP contribution is -2.29.